The summed E-state index contributed by atoms with van der Waals surface area (Å²) in [6.07, 6.45) is 1.70. The molecule has 1 N–H and O–H groups in total. The predicted octanol–water partition coefficient (Wildman–Crippen LogP) is 2.00. The van der Waals surface area contributed by atoms with Gasteiger partial charge in [0.25, 0.3) is 0 Å². The number of hydrogen-bond acceptors (Lipinski definition) is 3. The highest BCUT2D eigenvalue weighted by Gasteiger charge is 2.25. The minimum atomic E-state index is -0.697. The molecule has 4 heteroatoms. The number of methoxy groups -OCH3 is 1. The summed E-state index contributed by atoms with van der Waals surface area (Å²) in [7, 11) is 1.63. The lowest BCUT2D eigenvalue weighted by atomic mass is 9.98. The van der Waals surface area contributed by atoms with Gasteiger partial charge in [-0.25, -0.2) is 0 Å². The number of benzene rings is 1. The van der Waals surface area contributed by atoms with Crippen LogP contribution in [0.3, 0.4) is 0 Å². The zero-order chi connectivity index (χ0) is 12.3. The quantitative estimate of drug-likeness (QED) is 0.870. The second-order valence-corrected chi connectivity index (χ2v) is 4.32. The number of carboxylic acid groups (broad SMARTS) is 1. The summed E-state index contributed by atoms with van der Waals surface area (Å²) in [6, 6.07) is 7.76. The van der Waals surface area contributed by atoms with E-state index >= 15 is 0 Å². The van der Waals surface area contributed by atoms with Crippen LogP contribution in [-0.2, 0) is 4.79 Å². The fourth-order valence-electron chi connectivity index (χ4n) is 2.22. The molecule has 2 rings (SSSR count). The van der Waals surface area contributed by atoms with Crippen molar-refractivity contribution < 1.29 is 14.6 Å². The highest BCUT2D eigenvalue weighted by Crippen LogP contribution is 2.26. The summed E-state index contributed by atoms with van der Waals surface area (Å²) in [5.41, 5.74) is 1.04. The zero-order valence-electron chi connectivity index (χ0n) is 9.93. The minimum absolute atomic E-state index is 0.255. The first-order valence-electron chi connectivity index (χ1n) is 5.82. The Labute approximate surface area is 101 Å². The number of hydrogen-bond donors (Lipinski definition) is 1. The van der Waals surface area contributed by atoms with E-state index < -0.39 is 5.97 Å². The predicted molar refractivity (Wildman–Crippen MR) is 65.6 cm³/mol. The molecule has 1 aliphatic heterocycles. The summed E-state index contributed by atoms with van der Waals surface area (Å²) >= 11 is 0. The largest absolute Gasteiger partial charge is 0.497 e. The standard InChI is InChI=1S/C13H17NO3/c1-17-12-6-2-5-11(8-12)14-7-3-4-10(9-14)13(15)16/h2,5-6,8,10H,3-4,7,9H2,1H3,(H,15,16)/t10-/m1/s1. The molecule has 1 aliphatic rings. The first-order valence-corrected chi connectivity index (χ1v) is 5.82. The van der Waals surface area contributed by atoms with Crippen LogP contribution in [-0.4, -0.2) is 31.3 Å². The molecule has 0 aromatic heterocycles. The average molecular weight is 235 g/mol. The van der Waals surface area contributed by atoms with E-state index in [4.69, 9.17) is 9.84 Å². The summed E-state index contributed by atoms with van der Waals surface area (Å²) in [6.45, 7) is 1.50. The van der Waals surface area contributed by atoms with E-state index in [-0.39, 0.29) is 5.92 Å². The third kappa shape index (κ3) is 2.70. The van der Waals surface area contributed by atoms with Crippen LogP contribution < -0.4 is 9.64 Å². The number of nitrogens with zero attached hydrogens (tertiary/aromatic N) is 1. The van der Waals surface area contributed by atoms with Gasteiger partial charge in [0.05, 0.1) is 13.0 Å². The molecular formula is C13H17NO3. The van der Waals surface area contributed by atoms with Crippen LogP contribution >= 0.6 is 0 Å². The maximum Gasteiger partial charge on any atom is 0.308 e. The van der Waals surface area contributed by atoms with Crippen molar-refractivity contribution in [2.45, 2.75) is 12.8 Å². The van der Waals surface area contributed by atoms with E-state index in [1.807, 2.05) is 24.3 Å². The lowest BCUT2D eigenvalue weighted by molar-refractivity contribution is -0.141. The van der Waals surface area contributed by atoms with Crippen LogP contribution in [0, 0.1) is 5.92 Å². The summed E-state index contributed by atoms with van der Waals surface area (Å²) in [4.78, 5) is 13.1. The lowest BCUT2D eigenvalue weighted by Crippen LogP contribution is -2.38. The van der Waals surface area contributed by atoms with E-state index in [1.165, 1.54) is 0 Å². The van der Waals surface area contributed by atoms with Crippen LogP contribution in [0.15, 0.2) is 24.3 Å². The normalized spacial score (nSPS) is 20.1. The Hall–Kier alpha value is -1.71. The molecule has 1 aromatic rings. The Balaban J connectivity index is 2.13. The monoisotopic (exact) mass is 235 g/mol. The van der Waals surface area contributed by atoms with E-state index in [1.54, 1.807) is 7.11 Å². The summed E-state index contributed by atoms with van der Waals surface area (Å²) in [5.74, 6) is -0.146. The summed E-state index contributed by atoms with van der Waals surface area (Å²) in [5, 5.41) is 9.05. The topological polar surface area (TPSA) is 49.8 Å². The highest BCUT2D eigenvalue weighted by atomic mass is 16.5. The fraction of sp³-hybridized carbons (Fsp3) is 0.462. The van der Waals surface area contributed by atoms with Crippen LogP contribution in [0.1, 0.15) is 12.8 Å². The van der Waals surface area contributed by atoms with Gasteiger partial charge in [0.1, 0.15) is 5.75 Å². The molecule has 1 saturated heterocycles. The molecule has 92 valence electrons. The Morgan fingerprint density at radius 1 is 1.53 bits per heavy atom. The Kier molecular flexibility index (Phi) is 3.52. The molecule has 17 heavy (non-hydrogen) atoms. The van der Waals surface area contributed by atoms with Crippen molar-refractivity contribution in [2.24, 2.45) is 5.92 Å². The maximum atomic E-state index is 11.0. The number of aliphatic carboxylic acids is 1. The molecule has 1 atom stereocenters. The van der Waals surface area contributed by atoms with Crippen molar-refractivity contribution >= 4 is 11.7 Å². The lowest BCUT2D eigenvalue weighted by Gasteiger charge is -2.32. The Bertz CT molecular complexity index is 405. The van der Waals surface area contributed by atoms with Crippen LogP contribution in [0.25, 0.3) is 0 Å². The molecule has 0 bridgehead atoms. The van der Waals surface area contributed by atoms with E-state index in [2.05, 4.69) is 4.90 Å². The van der Waals surface area contributed by atoms with Gasteiger partial charge < -0.3 is 14.7 Å². The molecular weight excluding hydrogens is 218 g/mol. The second kappa shape index (κ2) is 5.08. The van der Waals surface area contributed by atoms with Crippen molar-refractivity contribution in [3.8, 4) is 5.75 Å². The van der Waals surface area contributed by atoms with Gasteiger partial charge in [-0.1, -0.05) is 6.07 Å². The number of anilines is 1. The van der Waals surface area contributed by atoms with Crippen molar-refractivity contribution in [1.29, 1.82) is 0 Å². The molecule has 0 spiro atoms. The van der Waals surface area contributed by atoms with Crippen LogP contribution in [0.2, 0.25) is 0 Å². The number of carboxylic acids is 1. The molecule has 0 aliphatic carbocycles. The molecule has 4 nitrogen and oxygen atoms in total. The summed E-state index contributed by atoms with van der Waals surface area (Å²) < 4.78 is 5.18. The number of rotatable bonds is 3. The first kappa shape index (κ1) is 11.8. The first-order chi connectivity index (χ1) is 8.20. The molecule has 1 fully saturated rings. The smallest absolute Gasteiger partial charge is 0.308 e. The molecule has 1 heterocycles. The average Bonchev–Trinajstić information content (AvgIpc) is 2.39. The molecule has 0 amide bonds. The number of ether oxygens (including phenoxy) is 1. The van der Waals surface area contributed by atoms with Crippen molar-refractivity contribution in [2.75, 3.05) is 25.1 Å². The van der Waals surface area contributed by atoms with Crippen molar-refractivity contribution in [3.05, 3.63) is 24.3 Å². The van der Waals surface area contributed by atoms with Crippen LogP contribution in [0.4, 0.5) is 5.69 Å². The van der Waals surface area contributed by atoms with Gasteiger partial charge in [0.2, 0.25) is 0 Å². The van der Waals surface area contributed by atoms with E-state index in [0.717, 1.165) is 30.8 Å². The van der Waals surface area contributed by atoms with Gasteiger partial charge in [-0.2, -0.15) is 0 Å². The van der Waals surface area contributed by atoms with Gasteiger partial charge in [-0.3, -0.25) is 4.79 Å². The van der Waals surface area contributed by atoms with E-state index in [9.17, 15) is 4.79 Å². The van der Waals surface area contributed by atoms with E-state index in [0.29, 0.717) is 6.54 Å². The minimum Gasteiger partial charge on any atom is -0.497 e. The molecule has 0 radical (unpaired) electrons. The SMILES string of the molecule is COc1cccc(N2CCC[C@@H](C(=O)O)C2)c1. The maximum absolute atomic E-state index is 11.0. The van der Waals surface area contributed by atoms with Crippen molar-refractivity contribution in [1.82, 2.24) is 0 Å². The van der Waals surface area contributed by atoms with Gasteiger partial charge in [0, 0.05) is 24.8 Å². The molecule has 0 unspecified atom stereocenters. The van der Waals surface area contributed by atoms with Gasteiger partial charge in [-0.05, 0) is 25.0 Å². The number of piperidine rings is 1. The van der Waals surface area contributed by atoms with Crippen molar-refractivity contribution in [3.63, 3.8) is 0 Å². The fourth-order valence-corrected chi connectivity index (χ4v) is 2.22. The third-order valence-corrected chi connectivity index (χ3v) is 3.19. The Morgan fingerprint density at radius 2 is 2.35 bits per heavy atom. The number of carbonyl (C=O) groups is 1. The Morgan fingerprint density at radius 3 is 3.06 bits per heavy atom. The second-order valence-electron chi connectivity index (χ2n) is 4.32. The third-order valence-electron chi connectivity index (χ3n) is 3.19. The molecule has 0 saturated carbocycles. The van der Waals surface area contributed by atoms with Gasteiger partial charge in [-0.15, -0.1) is 0 Å². The zero-order valence-corrected chi connectivity index (χ0v) is 9.93. The van der Waals surface area contributed by atoms with Gasteiger partial charge >= 0.3 is 5.97 Å². The van der Waals surface area contributed by atoms with Crippen LogP contribution in [0.5, 0.6) is 5.75 Å². The van der Waals surface area contributed by atoms with Gasteiger partial charge in [0.15, 0.2) is 0 Å². The highest BCUT2D eigenvalue weighted by molar-refractivity contribution is 5.71. The molecule has 1 aromatic carbocycles.